The first-order chi connectivity index (χ1) is 16.3. The Bertz CT molecular complexity index is 1220. The fraction of sp³-hybridized carbons (Fsp3) is 0.0323. The summed E-state index contributed by atoms with van der Waals surface area (Å²) in [5.74, 6) is 3.14. The van der Waals surface area contributed by atoms with Gasteiger partial charge in [-0.05, 0) is 65.6 Å². The highest BCUT2D eigenvalue weighted by Crippen LogP contribution is 2.35. The first kappa shape index (κ1) is 20.6. The van der Waals surface area contributed by atoms with Gasteiger partial charge in [-0.1, -0.05) is 91.0 Å². The maximum Gasteiger partial charge on any atom is 0.134 e. The van der Waals surface area contributed by atoms with Crippen LogP contribution in [0, 0.1) is 6.92 Å². The molecule has 5 rings (SSSR count). The van der Waals surface area contributed by atoms with Gasteiger partial charge in [0.15, 0.2) is 0 Å². The molecule has 160 valence electrons. The summed E-state index contributed by atoms with van der Waals surface area (Å²) in [6.45, 7) is 2.02. The van der Waals surface area contributed by atoms with Gasteiger partial charge in [-0.3, -0.25) is 0 Å². The molecule has 5 aromatic carbocycles. The molecule has 0 saturated carbocycles. The van der Waals surface area contributed by atoms with Gasteiger partial charge in [0.25, 0.3) is 0 Å². The molecule has 0 bridgehead atoms. The van der Waals surface area contributed by atoms with Crippen LogP contribution in [0.4, 0.5) is 0 Å². The van der Waals surface area contributed by atoms with E-state index in [1.54, 1.807) is 0 Å². The van der Waals surface area contributed by atoms with E-state index in [0.29, 0.717) is 0 Å². The number of hydrogen-bond acceptors (Lipinski definition) is 2. The third kappa shape index (κ3) is 4.81. The van der Waals surface area contributed by atoms with Crippen LogP contribution in [0.25, 0.3) is 22.3 Å². The van der Waals surface area contributed by atoms with E-state index in [2.05, 4.69) is 48.5 Å². The summed E-state index contributed by atoms with van der Waals surface area (Å²) in [5, 5.41) is 0. The third-order valence-corrected chi connectivity index (χ3v) is 5.61. The van der Waals surface area contributed by atoms with Gasteiger partial charge in [-0.25, -0.2) is 0 Å². The van der Waals surface area contributed by atoms with E-state index < -0.39 is 0 Å². The van der Waals surface area contributed by atoms with Crippen molar-refractivity contribution in [3.63, 3.8) is 0 Å². The quantitative estimate of drug-likeness (QED) is 0.269. The lowest BCUT2D eigenvalue weighted by molar-refractivity contribution is 0.454. The van der Waals surface area contributed by atoms with E-state index in [0.717, 1.165) is 39.7 Å². The molecule has 2 heteroatoms. The van der Waals surface area contributed by atoms with Gasteiger partial charge in [0, 0.05) is 5.56 Å². The van der Waals surface area contributed by atoms with Crippen molar-refractivity contribution in [2.45, 2.75) is 6.92 Å². The second-order valence-electron chi connectivity index (χ2n) is 7.86. The minimum Gasteiger partial charge on any atom is -0.457 e. The van der Waals surface area contributed by atoms with Crippen molar-refractivity contribution in [2.24, 2.45) is 0 Å². The van der Waals surface area contributed by atoms with Crippen LogP contribution in [0.3, 0.4) is 0 Å². The lowest BCUT2D eigenvalue weighted by atomic mass is 10.1. The van der Waals surface area contributed by atoms with Gasteiger partial charge < -0.3 is 9.47 Å². The molecule has 0 aliphatic rings. The average Bonchev–Trinajstić information content (AvgIpc) is 2.88. The summed E-state index contributed by atoms with van der Waals surface area (Å²) in [5.41, 5.74) is 5.66. The third-order valence-electron chi connectivity index (χ3n) is 5.61. The molecule has 0 radical (unpaired) electrons. The van der Waals surface area contributed by atoms with Crippen molar-refractivity contribution in [1.82, 2.24) is 0 Å². The predicted octanol–water partition coefficient (Wildman–Crippen LogP) is 8.91. The Hall–Kier alpha value is -4.30. The Morgan fingerprint density at radius 1 is 0.364 bits per heavy atom. The summed E-state index contributed by atoms with van der Waals surface area (Å²) < 4.78 is 12.4. The van der Waals surface area contributed by atoms with Crippen molar-refractivity contribution >= 4 is 0 Å². The molecule has 5 aromatic rings. The van der Waals surface area contributed by atoms with Crippen molar-refractivity contribution < 1.29 is 9.47 Å². The molecule has 0 spiro atoms. The van der Waals surface area contributed by atoms with Crippen LogP contribution in [-0.2, 0) is 0 Å². The van der Waals surface area contributed by atoms with Crippen LogP contribution in [-0.4, -0.2) is 0 Å². The van der Waals surface area contributed by atoms with E-state index in [9.17, 15) is 0 Å². The maximum absolute atomic E-state index is 6.18. The summed E-state index contributed by atoms with van der Waals surface area (Å²) in [6.07, 6.45) is 0. The Morgan fingerprint density at radius 3 is 1.12 bits per heavy atom. The van der Waals surface area contributed by atoms with Gasteiger partial charge >= 0.3 is 0 Å². The van der Waals surface area contributed by atoms with Gasteiger partial charge in [-0.15, -0.1) is 0 Å². The van der Waals surface area contributed by atoms with Crippen LogP contribution in [0.5, 0.6) is 23.0 Å². The molecule has 0 amide bonds. The number of benzene rings is 5. The number of rotatable bonds is 6. The summed E-state index contributed by atoms with van der Waals surface area (Å²) >= 11 is 0. The van der Waals surface area contributed by atoms with Crippen molar-refractivity contribution in [1.29, 1.82) is 0 Å². The molecule has 0 saturated heterocycles. The Kier molecular flexibility index (Phi) is 5.90. The molecule has 0 heterocycles. The van der Waals surface area contributed by atoms with Crippen molar-refractivity contribution in [2.75, 3.05) is 0 Å². The molecule has 33 heavy (non-hydrogen) atoms. The molecule has 0 atom stereocenters. The number of hydrogen-bond donors (Lipinski definition) is 0. The highest BCUT2D eigenvalue weighted by atomic mass is 16.5. The molecule has 0 fully saturated rings. The maximum atomic E-state index is 6.18. The predicted molar refractivity (Wildman–Crippen MR) is 135 cm³/mol. The Morgan fingerprint density at radius 2 is 0.727 bits per heavy atom. The van der Waals surface area contributed by atoms with E-state index in [1.165, 1.54) is 11.1 Å². The van der Waals surface area contributed by atoms with Crippen LogP contribution < -0.4 is 9.47 Å². The monoisotopic (exact) mass is 428 g/mol. The van der Waals surface area contributed by atoms with Gasteiger partial charge in [0.05, 0.1) is 0 Å². The van der Waals surface area contributed by atoms with Crippen molar-refractivity contribution in [3.8, 4) is 45.3 Å². The van der Waals surface area contributed by atoms with E-state index in [-0.39, 0.29) is 0 Å². The van der Waals surface area contributed by atoms with E-state index in [4.69, 9.17) is 9.47 Å². The zero-order chi connectivity index (χ0) is 22.5. The van der Waals surface area contributed by atoms with Crippen LogP contribution in [0.1, 0.15) is 5.56 Å². The first-order valence-electron chi connectivity index (χ1n) is 11.0. The minimum absolute atomic E-state index is 0.779. The van der Waals surface area contributed by atoms with Crippen molar-refractivity contribution in [3.05, 3.63) is 133 Å². The van der Waals surface area contributed by atoms with Crippen LogP contribution >= 0.6 is 0 Å². The molecular formula is C31H24O2. The highest BCUT2D eigenvalue weighted by molar-refractivity contribution is 5.65. The first-order valence-corrected chi connectivity index (χ1v) is 11.0. The Labute approximate surface area is 194 Å². The van der Waals surface area contributed by atoms with Gasteiger partial charge in [0.2, 0.25) is 0 Å². The summed E-state index contributed by atoms with van der Waals surface area (Å²) in [4.78, 5) is 0. The van der Waals surface area contributed by atoms with Crippen LogP contribution in [0.2, 0.25) is 0 Å². The standard InChI is InChI=1S/C31H24O2/c1-23-30(32-28-19-15-26(16-20-28)24-9-4-2-5-10-24)13-8-14-31(23)33-29-21-17-27(18-22-29)25-11-6-3-7-12-25/h2-22H,1H3. The Balaban J connectivity index is 1.31. The zero-order valence-corrected chi connectivity index (χ0v) is 18.4. The second-order valence-corrected chi connectivity index (χ2v) is 7.86. The molecule has 0 N–H and O–H groups in total. The summed E-state index contributed by atoms with van der Waals surface area (Å²) in [7, 11) is 0. The smallest absolute Gasteiger partial charge is 0.134 e. The average molecular weight is 429 g/mol. The fourth-order valence-electron chi connectivity index (χ4n) is 3.76. The minimum atomic E-state index is 0.779. The summed E-state index contributed by atoms with van der Waals surface area (Å²) in [6, 6.07) is 42.8. The number of ether oxygens (including phenoxy) is 2. The largest absolute Gasteiger partial charge is 0.457 e. The fourth-order valence-corrected chi connectivity index (χ4v) is 3.76. The highest BCUT2D eigenvalue weighted by Gasteiger charge is 2.09. The second kappa shape index (κ2) is 9.46. The van der Waals surface area contributed by atoms with E-state index in [1.807, 2.05) is 85.8 Å². The molecule has 0 aliphatic carbocycles. The molecule has 0 aromatic heterocycles. The lowest BCUT2D eigenvalue weighted by Crippen LogP contribution is -1.92. The molecule has 0 aliphatic heterocycles. The SMILES string of the molecule is Cc1c(Oc2ccc(-c3ccccc3)cc2)cccc1Oc1ccc(-c2ccccc2)cc1. The normalized spacial score (nSPS) is 10.6. The van der Waals surface area contributed by atoms with Crippen LogP contribution in [0.15, 0.2) is 127 Å². The molecule has 0 unspecified atom stereocenters. The molecular weight excluding hydrogens is 404 g/mol. The topological polar surface area (TPSA) is 18.5 Å². The molecule has 2 nitrogen and oxygen atoms in total. The lowest BCUT2D eigenvalue weighted by Gasteiger charge is -2.14. The van der Waals surface area contributed by atoms with Gasteiger partial charge in [-0.2, -0.15) is 0 Å². The van der Waals surface area contributed by atoms with E-state index >= 15 is 0 Å². The van der Waals surface area contributed by atoms with Gasteiger partial charge in [0.1, 0.15) is 23.0 Å². The zero-order valence-electron chi connectivity index (χ0n) is 18.4.